The summed E-state index contributed by atoms with van der Waals surface area (Å²) in [5.74, 6) is 1.61. The first-order chi connectivity index (χ1) is 12.0. The maximum absolute atomic E-state index is 10.9. The minimum atomic E-state index is -0.405. The fourth-order valence-electron chi connectivity index (χ4n) is 2.45. The minimum absolute atomic E-state index is 0.00649. The molecule has 132 valence electrons. The zero-order valence-electron chi connectivity index (χ0n) is 14.0. The second kappa shape index (κ2) is 7.43. The molecule has 3 rings (SSSR count). The molecule has 8 heteroatoms. The van der Waals surface area contributed by atoms with Crippen molar-refractivity contribution in [3.8, 4) is 0 Å². The van der Waals surface area contributed by atoms with Gasteiger partial charge >= 0.3 is 0 Å². The quantitative estimate of drug-likeness (QED) is 0.499. The zero-order chi connectivity index (χ0) is 17.8. The molecule has 0 saturated heterocycles. The van der Waals surface area contributed by atoms with E-state index < -0.39 is 4.92 Å². The molecule has 25 heavy (non-hydrogen) atoms. The molecule has 0 aliphatic heterocycles. The van der Waals surface area contributed by atoms with Gasteiger partial charge in [0.2, 0.25) is 5.95 Å². The molecular weight excluding hydrogens is 322 g/mol. The molecule has 1 aliphatic carbocycles. The Bertz CT molecular complexity index is 764. The summed E-state index contributed by atoms with van der Waals surface area (Å²) in [7, 11) is 0. The lowest BCUT2D eigenvalue weighted by Gasteiger charge is -2.14. The fraction of sp³-hybridized carbons (Fsp3) is 0.412. The SMILES string of the molecule is C[C@@H](CO)Nc1nc(NCc2cccc([N+](=O)[O-])c2)cc(C2CC2)n1. The van der Waals surface area contributed by atoms with Crippen LogP contribution in [0.2, 0.25) is 0 Å². The van der Waals surface area contributed by atoms with Gasteiger partial charge in [0.05, 0.1) is 17.2 Å². The van der Waals surface area contributed by atoms with E-state index in [4.69, 9.17) is 0 Å². The maximum Gasteiger partial charge on any atom is 0.269 e. The number of rotatable bonds is 8. The predicted molar refractivity (Wildman–Crippen MR) is 94.6 cm³/mol. The fourth-order valence-corrected chi connectivity index (χ4v) is 2.45. The molecule has 1 atom stereocenters. The molecule has 3 N–H and O–H groups in total. The van der Waals surface area contributed by atoms with E-state index in [0.717, 1.165) is 24.1 Å². The summed E-state index contributed by atoms with van der Waals surface area (Å²) in [6.45, 7) is 2.27. The molecule has 0 unspecified atom stereocenters. The zero-order valence-corrected chi connectivity index (χ0v) is 14.0. The third-order valence-corrected chi connectivity index (χ3v) is 3.99. The average molecular weight is 343 g/mol. The molecule has 1 aliphatic rings. The number of anilines is 2. The Labute approximate surface area is 145 Å². The number of hydrogen-bond acceptors (Lipinski definition) is 7. The molecule has 0 amide bonds. The van der Waals surface area contributed by atoms with Gasteiger partial charge in [-0.1, -0.05) is 12.1 Å². The Balaban J connectivity index is 1.74. The maximum atomic E-state index is 10.9. The Morgan fingerprint density at radius 3 is 2.84 bits per heavy atom. The molecule has 8 nitrogen and oxygen atoms in total. The van der Waals surface area contributed by atoms with Crippen LogP contribution in [0.25, 0.3) is 0 Å². The van der Waals surface area contributed by atoms with Crippen LogP contribution in [0.5, 0.6) is 0 Å². The average Bonchev–Trinajstić information content (AvgIpc) is 3.45. The summed E-state index contributed by atoms with van der Waals surface area (Å²) in [5, 5.41) is 26.3. The van der Waals surface area contributed by atoms with Gasteiger partial charge in [-0.3, -0.25) is 10.1 Å². The van der Waals surface area contributed by atoms with Crippen LogP contribution in [0, 0.1) is 10.1 Å². The third-order valence-electron chi connectivity index (χ3n) is 3.99. The van der Waals surface area contributed by atoms with Crippen LogP contribution >= 0.6 is 0 Å². The van der Waals surface area contributed by atoms with E-state index in [-0.39, 0.29) is 18.3 Å². The summed E-state index contributed by atoms with van der Waals surface area (Å²) in [4.78, 5) is 19.4. The lowest BCUT2D eigenvalue weighted by molar-refractivity contribution is -0.384. The summed E-state index contributed by atoms with van der Waals surface area (Å²) in [5.41, 5.74) is 1.85. The number of nitrogens with one attached hydrogen (secondary N) is 2. The van der Waals surface area contributed by atoms with Crippen molar-refractivity contribution in [1.82, 2.24) is 9.97 Å². The lowest BCUT2D eigenvalue weighted by atomic mass is 10.2. The number of hydrogen-bond donors (Lipinski definition) is 3. The van der Waals surface area contributed by atoms with E-state index in [0.29, 0.717) is 24.2 Å². The largest absolute Gasteiger partial charge is 0.394 e. The number of aliphatic hydroxyl groups excluding tert-OH is 1. The predicted octanol–water partition coefficient (Wildman–Crippen LogP) is 2.67. The van der Waals surface area contributed by atoms with Gasteiger partial charge in [-0.25, -0.2) is 4.98 Å². The molecule has 1 heterocycles. The molecule has 0 bridgehead atoms. The standard InChI is InChI=1S/C17H21N5O3/c1-11(10-23)19-17-20-15(13-5-6-13)8-16(21-17)18-9-12-3-2-4-14(7-12)22(24)25/h2-4,7-8,11,13,23H,5-6,9-10H2,1H3,(H2,18,19,20,21)/t11-/m0/s1. The molecule has 0 radical (unpaired) electrons. The van der Waals surface area contributed by atoms with Crippen LogP contribution in [0.3, 0.4) is 0 Å². The number of nitro groups is 1. The first-order valence-corrected chi connectivity index (χ1v) is 8.28. The highest BCUT2D eigenvalue weighted by molar-refractivity contribution is 5.45. The van der Waals surface area contributed by atoms with Gasteiger partial charge in [-0.05, 0) is 25.3 Å². The van der Waals surface area contributed by atoms with Crippen molar-refractivity contribution in [2.75, 3.05) is 17.2 Å². The Hall–Kier alpha value is -2.74. The van der Waals surface area contributed by atoms with E-state index in [1.54, 1.807) is 12.1 Å². The smallest absolute Gasteiger partial charge is 0.269 e. The number of aliphatic hydroxyl groups is 1. The van der Waals surface area contributed by atoms with Gasteiger partial charge in [-0.15, -0.1) is 0 Å². The summed E-state index contributed by atoms with van der Waals surface area (Å²) < 4.78 is 0. The second-order valence-corrected chi connectivity index (χ2v) is 6.28. The highest BCUT2D eigenvalue weighted by Crippen LogP contribution is 2.39. The van der Waals surface area contributed by atoms with Crippen molar-refractivity contribution in [1.29, 1.82) is 0 Å². The highest BCUT2D eigenvalue weighted by atomic mass is 16.6. The van der Waals surface area contributed by atoms with Crippen molar-refractivity contribution < 1.29 is 10.0 Å². The van der Waals surface area contributed by atoms with Crippen LogP contribution in [0.15, 0.2) is 30.3 Å². The second-order valence-electron chi connectivity index (χ2n) is 6.28. The van der Waals surface area contributed by atoms with Gasteiger partial charge in [0.1, 0.15) is 5.82 Å². The Kier molecular flexibility index (Phi) is 5.08. The molecule has 1 aromatic heterocycles. The summed E-state index contributed by atoms with van der Waals surface area (Å²) in [6.07, 6.45) is 2.24. The van der Waals surface area contributed by atoms with Crippen LogP contribution in [-0.4, -0.2) is 32.6 Å². The van der Waals surface area contributed by atoms with Gasteiger partial charge in [0, 0.05) is 36.7 Å². The summed E-state index contributed by atoms with van der Waals surface area (Å²) in [6, 6.07) is 8.29. The minimum Gasteiger partial charge on any atom is -0.394 e. The Morgan fingerprint density at radius 2 is 2.16 bits per heavy atom. The van der Waals surface area contributed by atoms with Crippen LogP contribution < -0.4 is 10.6 Å². The van der Waals surface area contributed by atoms with Gasteiger partial charge in [-0.2, -0.15) is 4.98 Å². The molecule has 1 fully saturated rings. The van der Waals surface area contributed by atoms with E-state index in [1.807, 2.05) is 19.1 Å². The number of nitrogens with zero attached hydrogens (tertiary/aromatic N) is 3. The van der Waals surface area contributed by atoms with Crippen LogP contribution in [0.4, 0.5) is 17.5 Å². The summed E-state index contributed by atoms with van der Waals surface area (Å²) >= 11 is 0. The van der Waals surface area contributed by atoms with Gasteiger partial charge < -0.3 is 15.7 Å². The Morgan fingerprint density at radius 1 is 1.36 bits per heavy atom. The molecule has 0 spiro atoms. The van der Waals surface area contributed by atoms with Crippen molar-refractivity contribution >= 4 is 17.5 Å². The van der Waals surface area contributed by atoms with Crippen LogP contribution in [0.1, 0.15) is 36.9 Å². The van der Waals surface area contributed by atoms with Crippen molar-refractivity contribution in [2.45, 2.75) is 38.3 Å². The normalized spacial score (nSPS) is 14.8. The number of aromatic nitrogens is 2. The first-order valence-electron chi connectivity index (χ1n) is 8.28. The van der Waals surface area contributed by atoms with E-state index >= 15 is 0 Å². The van der Waals surface area contributed by atoms with E-state index in [1.165, 1.54) is 6.07 Å². The van der Waals surface area contributed by atoms with Crippen molar-refractivity contribution in [3.63, 3.8) is 0 Å². The van der Waals surface area contributed by atoms with Crippen molar-refractivity contribution in [2.24, 2.45) is 0 Å². The number of nitro benzene ring substituents is 1. The number of non-ortho nitro benzene ring substituents is 1. The molecule has 1 aromatic carbocycles. The molecular formula is C17H21N5O3. The lowest BCUT2D eigenvalue weighted by Crippen LogP contribution is -2.21. The number of benzene rings is 1. The molecule has 1 saturated carbocycles. The molecule has 2 aromatic rings. The topological polar surface area (TPSA) is 113 Å². The third kappa shape index (κ3) is 4.63. The van der Waals surface area contributed by atoms with E-state index in [2.05, 4.69) is 20.6 Å². The monoisotopic (exact) mass is 343 g/mol. The van der Waals surface area contributed by atoms with Gasteiger partial charge in [0.15, 0.2) is 0 Å². The van der Waals surface area contributed by atoms with Gasteiger partial charge in [0.25, 0.3) is 5.69 Å². The van der Waals surface area contributed by atoms with Crippen molar-refractivity contribution in [3.05, 3.63) is 51.7 Å². The van der Waals surface area contributed by atoms with E-state index in [9.17, 15) is 15.2 Å². The first kappa shape index (κ1) is 17.1. The van der Waals surface area contributed by atoms with Crippen LogP contribution in [-0.2, 0) is 6.54 Å². The highest BCUT2D eigenvalue weighted by Gasteiger charge is 2.26.